The van der Waals surface area contributed by atoms with Gasteiger partial charge in [-0.25, -0.2) is 9.97 Å². The molecule has 0 aromatic carbocycles. The van der Waals surface area contributed by atoms with Crippen LogP contribution in [-0.4, -0.2) is 36.1 Å². The highest BCUT2D eigenvalue weighted by Crippen LogP contribution is 2.30. The van der Waals surface area contributed by atoms with Crippen molar-refractivity contribution in [1.29, 1.82) is 0 Å². The summed E-state index contributed by atoms with van der Waals surface area (Å²) in [5.41, 5.74) is 1.13. The molecule has 1 aliphatic carbocycles. The third-order valence-electron chi connectivity index (χ3n) is 4.45. The zero-order chi connectivity index (χ0) is 14.7. The molecule has 1 saturated heterocycles. The second-order valence-corrected chi connectivity index (χ2v) is 5.73. The molecular weight excluding hydrogens is 266 g/mol. The van der Waals surface area contributed by atoms with E-state index in [2.05, 4.69) is 33.1 Å². The molecule has 0 amide bonds. The van der Waals surface area contributed by atoms with Crippen molar-refractivity contribution in [3.05, 3.63) is 30.2 Å². The van der Waals surface area contributed by atoms with E-state index in [-0.39, 0.29) is 11.9 Å². The van der Waals surface area contributed by atoms with Gasteiger partial charge in [0.25, 0.3) is 0 Å². The number of anilines is 1. The van der Waals surface area contributed by atoms with Crippen LogP contribution in [0.25, 0.3) is 0 Å². The average Bonchev–Trinajstić information content (AvgIpc) is 3.09. The molecule has 5 heteroatoms. The van der Waals surface area contributed by atoms with Gasteiger partial charge >= 0.3 is 5.97 Å². The minimum absolute atomic E-state index is 0.0339. The van der Waals surface area contributed by atoms with Crippen LogP contribution in [-0.2, 0) is 9.53 Å². The standard InChI is InChI=1S/C16H21N3O2/c1-21-16(20)13-6-8-19(9-7-13)15-10-14(17-11-18-15)12-4-2-3-5-12/h2-3,10-13H,4-9H2,1H3. The first-order valence-corrected chi connectivity index (χ1v) is 7.57. The van der Waals surface area contributed by atoms with Gasteiger partial charge in [0, 0.05) is 30.8 Å². The summed E-state index contributed by atoms with van der Waals surface area (Å²) in [6, 6.07) is 2.11. The van der Waals surface area contributed by atoms with Crippen LogP contribution in [0.3, 0.4) is 0 Å². The van der Waals surface area contributed by atoms with Crippen molar-refractivity contribution in [2.75, 3.05) is 25.1 Å². The predicted octanol–water partition coefficient (Wildman–Crippen LogP) is 2.30. The first-order valence-electron chi connectivity index (χ1n) is 7.57. The van der Waals surface area contributed by atoms with Crippen LogP contribution in [0.5, 0.6) is 0 Å². The van der Waals surface area contributed by atoms with Gasteiger partial charge in [0.2, 0.25) is 0 Å². The topological polar surface area (TPSA) is 55.3 Å². The number of esters is 1. The summed E-state index contributed by atoms with van der Waals surface area (Å²) in [5, 5.41) is 0. The third kappa shape index (κ3) is 3.06. The van der Waals surface area contributed by atoms with Crippen LogP contribution in [0, 0.1) is 5.92 Å². The highest BCUT2D eigenvalue weighted by Gasteiger charge is 2.26. The second-order valence-electron chi connectivity index (χ2n) is 5.73. The number of piperidine rings is 1. The van der Waals surface area contributed by atoms with Gasteiger partial charge in [0.05, 0.1) is 13.0 Å². The maximum absolute atomic E-state index is 11.6. The average molecular weight is 287 g/mol. The molecule has 1 aromatic heterocycles. The van der Waals surface area contributed by atoms with Gasteiger partial charge in [-0.1, -0.05) is 12.2 Å². The van der Waals surface area contributed by atoms with Crippen LogP contribution >= 0.6 is 0 Å². The van der Waals surface area contributed by atoms with E-state index in [4.69, 9.17) is 4.74 Å². The number of rotatable bonds is 3. The molecule has 0 atom stereocenters. The Hall–Kier alpha value is -1.91. The molecule has 0 bridgehead atoms. The predicted molar refractivity (Wildman–Crippen MR) is 80.1 cm³/mol. The number of carbonyl (C=O) groups is 1. The van der Waals surface area contributed by atoms with Crippen LogP contribution in [0.1, 0.15) is 37.3 Å². The van der Waals surface area contributed by atoms with E-state index in [1.54, 1.807) is 6.33 Å². The highest BCUT2D eigenvalue weighted by molar-refractivity contribution is 5.72. The van der Waals surface area contributed by atoms with Gasteiger partial charge < -0.3 is 9.64 Å². The molecule has 2 aliphatic rings. The zero-order valence-electron chi connectivity index (χ0n) is 12.4. The van der Waals surface area contributed by atoms with Gasteiger partial charge in [-0.3, -0.25) is 4.79 Å². The molecule has 2 heterocycles. The molecule has 5 nitrogen and oxygen atoms in total. The third-order valence-corrected chi connectivity index (χ3v) is 4.45. The number of allylic oxidation sites excluding steroid dienone is 2. The van der Waals surface area contributed by atoms with Gasteiger partial charge in [-0.05, 0) is 25.7 Å². The Morgan fingerprint density at radius 2 is 1.95 bits per heavy atom. The Labute approximate surface area is 125 Å². The van der Waals surface area contributed by atoms with Crippen molar-refractivity contribution in [3.8, 4) is 0 Å². The summed E-state index contributed by atoms with van der Waals surface area (Å²) in [6.07, 6.45) is 9.90. The summed E-state index contributed by atoms with van der Waals surface area (Å²) in [7, 11) is 1.46. The highest BCUT2D eigenvalue weighted by atomic mass is 16.5. The maximum Gasteiger partial charge on any atom is 0.308 e. The minimum Gasteiger partial charge on any atom is -0.469 e. The van der Waals surface area contributed by atoms with E-state index in [0.717, 1.165) is 50.3 Å². The number of methoxy groups -OCH3 is 1. The van der Waals surface area contributed by atoms with E-state index in [1.165, 1.54) is 7.11 Å². The summed E-state index contributed by atoms with van der Waals surface area (Å²) in [4.78, 5) is 22.6. The van der Waals surface area contributed by atoms with Gasteiger partial charge in [0.1, 0.15) is 12.1 Å². The first kappa shape index (κ1) is 14.0. The van der Waals surface area contributed by atoms with Crippen molar-refractivity contribution in [2.24, 2.45) is 5.92 Å². The quantitative estimate of drug-likeness (QED) is 0.630. The number of hydrogen-bond acceptors (Lipinski definition) is 5. The van der Waals surface area contributed by atoms with Crippen LogP contribution in [0.15, 0.2) is 24.5 Å². The number of hydrogen-bond donors (Lipinski definition) is 0. The molecule has 21 heavy (non-hydrogen) atoms. The monoisotopic (exact) mass is 287 g/mol. The first-order chi connectivity index (χ1) is 10.3. The van der Waals surface area contributed by atoms with Gasteiger partial charge in [-0.2, -0.15) is 0 Å². The molecule has 0 spiro atoms. The fraction of sp³-hybridized carbons (Fsp3) is 0.562. The lowest BCUT2D eigenvalue weighted by atomic mass is 9.97. The molecule has 0 saturated carbocycles. The normalized spacial score (nSPS) is 20.0. The van der Waals surface area contributed by atoms with E-state index in [1.807, 2.05) is 0 Å². The van der Waals surface area contributed by atoms with Crippen molar-refractivity contribution >= 4 is 11.8 Å². The molecule has 0 unspecified atom stereocenters. The SMILES string of the molecule is COC(=O)C1CCN(c2cc(C3CC=CC3)ncn2)CC1. The van der Waals surface area contributed by atoms with Crippen molar-refractivity contribution in [2.45, 2.75) is 31.6 Å². The van der Waals surface area contributed by atoms with Crippen LogP contribution in [0.4, 0.5) is 5.82 Å². The zero-order valence-corrected chi connectivity index (χ0v) is 12.4. The van der Waals surface area contributed by atoms with Crippen molar-refractivity contribution in [3.63, 3.8) is 0 Å². The van der Waals surface area contributed by atoms with E-state index >= 15 is 0 Å². The summed E-state index contributed by atoms with van der Waals surface area (Å²) < 4.78 is 4.83. The fourth-order valence-electron chi connectivity index (χ4n) is 3.13. The van der Waals surface area contributed by atoms with Gasteiger partial charge in [0.15, 0.2) is 0 Å². The largest absolute Gasteiger partial charge is 0.469 e. The maximum atomic E-state index is 11.6. The van der Waals surface area contributed by atoms with E-state index in [9.17, 15) is 4.79 Å². The molecule has 0 radical (unpaired) electrons. The number of aromatic nitrogens is 2. The molecule has 0 N–H and O–H groups in total. The smallest absolute Gasteiger partial charge is 0.308 e. The van der Waals surface area contributed by atoms with E-state index in [0.29, 0.717) is 5.92 Å². The lowest BCUT2D eigenvalue weighted by Crippen LogP contribution is -2.37. The number of ether oxygens (including phenoxy) is 1. The van der Waals surface area contributed by atoms with Crippen LogP contribution in [0.2, 0.25) is 0 Å². The summed E-state index contributed by atoms with van der Waals surface area (Å²) in [6.45, 7) is 1.69. The Morgan fingerprint density at radius 3 is 2.62 bits per heavy atom. The Bertz CT molecular complexity index is 528. The summed E-state index contributed by atoms with van der Waals surface area (Å²) >= 11 is 0. The number of nitrogens with zero attached hydrogens (tertiary/aromatic N) is 3. The lowest BCUT2D eigenvalue weighted by Gasteiger charge is -2.31. The van der Waals surface area contributed by atoms with Crippen molar-refractivity contribution in [1.82, 2.24) is 9.97 Å². The Balaban J connectivity index is 1.65. The van der Waals surface area contributed by atoms with E-state index < -0.39 is 0 Å². The molecular formula is C16H21N3O2. The lowest BCUT2D eigenvalue weighted by molar-refractivity contribution is -0.146. The number of carbonyl (C=O) groups excluding carboxylic acids is 1. The van der Waals surface area contributed by atoms with Gasteiger partial charge in [-0.15, -0.1) is 0 Å². The molecule has 112 valence electrons. The molecule has 1 fully saturated rings. The van der Waals surface area contributed by atoms with Crippen LogP contribution < -0.4 is 4.90 Å². The Kier molecular flexibility index (Phi) is 4.18. The molecule has 3 rings (SSSR count). The Morgan fingerprint density at radius 1 is 1.24 bits per heavy atom. The molecule has 1 aliphatic heterocycles. The van der Waals surface area contributed by atoms with Crippen molar-refractivity contribution < 1.29 is 9.53 Å². The molecule has 1 aromatic rings. The summed E-state index contributed by atoms with van der Waals surface area (Å²) in [5.74, 6) is 1.43. The fourth-order valence-corrected chi connectivity index (χ4v) is 3.13. The minimum atomic E-state index is -0.0879. The second kappa shape index (κ2) is 6.24.